The molecule has 2 rings (SSSR count). The van der Waals surface area contributed by atoms with E-state index in [1.54, 1.807) is 0 Å². The van der Waals surface area contributed by atoms with Gasteiger partial charge in [0, 0.05) is 5.56 Å². The molecule has 0 spiro atoms. The summed E-state index contributed by atoms with van der Waals surface area (Å²) in [6, 6.07) is 6.44. The Labute approximate surface area is 72.1 Å². The molecule has 1 aromatic carbocycles. The highest BCUT2D eigenvalue weighted by molar-refractivity contribution is 6.04. The Morgan fingerprint density at radius 1 is 1.33 bits per heavy atom. The largest absolute Gasteiger partial charge is 0.323 e. The maximum Gasteiger partial charge on any atom is 0.0678 e. The van der Waals surface area contributed by atoms with Crippen LogP contribution in [0.1, 0.15) is 23.1 Å². The van der Waals surface area contributed by atoms with Crippen molar-refractivity contribution in [1.82, 2.24) is 0 Å². The number of hydrazone groups is 1. The minimum Gasteiger partial charge on any atom is -0.323 e. The molecule has 0 bridgehead atoms. The molecule has 1 aromatic rings. The Morgan fingerprint density at radius 2 is 2.17 bits per heavy atom. The summed E-state index contributed by atoms with van der Waals surface area (Å²) in [5, 5.41) is 3.78. The van der Waals surface area contributed by atoms with Crippen LogP contribution in [0.5, 0.6) is 0 Å². The zero-order valence-corrected chi connectivity index (χ0v) is 7.17. The Balaban J connectivity index is 2.55. The topological polar surface area (TPSA) is 38.4 Å². The molecule has 1 aliphatic carbocycles. The van der Waals surface area contributed by atoms with Crippen molar-refractivity contribution in [3.05, 3.63) is 34.9 Å². The van der Waals surface area contributed by atoms with E-state index in [1.165, 1.54) is 16.7 Å². The number of aryl methyl sites for hydroxylation is 2. The van der Waals surface area contributed by atoms with Crippen LogP contribution in [0.25, 0.3) is 0 Å². The summed E-state index contributed by atoms with van der Waals surface area (Å²) in [7, 11) is 0. The molecular weight excluding hydrogens is 148 g/mol. The number of hydrogen-bond acceptors (Lipinski definition) is 2. The minimum absolute atomic E-state index is 0.995. The summed E-state index contributed by atoms with van der Waals surface area (Å²) in [6.45, 7) is 2.11. The predicted octanol–water partition coefficient (Wildman–Crippen LogP) is 1.60. The van der Waals surface area contributed by atoms with Crippen LogP contribution in [-0.4, -0.2) is 5.71 Å². The van der Waals surface area contributed by atoms with Crippen molar-refractivity contribution in [3.8, 4) is 0 Å². The van der Waals surface area contributed by atoms with E-state index in [9.17, 15) is 0 Å². The molecule has 2 N–H and O–H groups in total. The number of nitrogens with two attached hydrogens (primary N) is 1. The molecule has 0 heterocycles. The van der Waals surface area contributed by atoms with Gasteiger partial charge in [0.25, 0.3) is 0 Å². The fourth-order valence-electron chi connectivity index (χ4n) is 1.73. The lowest BCUT2D eigenvalue weighted by Gasteiger charge is -1.99. The van der Waals surface area contributed by atoms with Gasteiger partial charge in [0.05, 0.1) is 5.71 Å². The van der Waals surface area contributed by atoms with Crippen molar-refractivity contribution in [1.29, 1.82) is 0 Å². The summed E-state index contributed by atoms with van der Waals surface area (Å²) in [4.78, 5) is 0. The molecule has 1 aliphatic rings. The van der Waals surface area contributed by atoms with Crippen molar-refractivity contribution in [2.75, 3.05) is 0 Å². The van der Waals surface area contributed by atoms with E-state index in [2.05, 4.69) is 30.2 Å². The van der Waals surface area contributed by atoms with Crippen LogP contribution in [0.3, 0.4) is 0 Å². The molecule has 0 radical (unpaired) electrons. The van der Waals surface area contributed by atoms with Crippen molar-refractivity contribution in [3.63, 3.8) is 0 Å². The number of benzene rings is 1. The lowest BCUT2D eigenvalue weighted by atomic mass is 10.1. The monoisotopic (exact) mass is 160 g/mol. The zero-order chi connectivity index (χ0) is 8.55. The van der Waals surface area contributed by atoms with Crippen LogP contribution in [0.2, 0.25) is 0 Å². The number of nitrogens with zero attached hydrogens (tertiary/aromatic N) is 1. The van der Waals surface area contributed by atoms with E-state index < -0.39 is 0 Å². The molecule has 62 valence electrons. The Kier molecular flexibility index (Phi) is 1.61. The Hall–Kier alpha value is -1.31. The first kappa shape index (κ1) is 7.35. The quantitative estimate of drug-likeness (QED) is 0.454. The summed E-state index contributed by atoms with van der Waals surface area (Å²) in [5.41, 5.74) is 4.99. The maximum atomic E-state index is 5.27. The SMILES string of the molecule is Cc1ccc2c(c1)CC/C2=N\N. The summed E-state index contributed by atoms with van der Waals surface area (Å²) in [6.07, 6.45) is 2.09. The summed E-state index contributed by atoms with van der Waals surface area (Å²) >= 11 is 0. The lowest BCUT2D eigenvalue weighted by Crippen LogP contribution is -1.98. The second-order valence-electron chi connectivity index (χ2n) is 3.24. The van der Waals surface area contributed by atoms with Gasteiger partial charge in [0.15, 0.2) is 0 Å². The van der Waals surface area contributed by atoms with Gasteiger partial charge in [-0.2, -0.15) is 5.10 Å². The highest BCUT2D eigenvalue weighted by Crippen LogP contribution is 2.22. The number of fused-ring (bicyclic) bond motifs is 1. The van der Waals surface area contributed by atoms with Gasteiger partial charge in [-0.25, -0.2) is 0 Å². The van der Waals surface area contributed by atoms with Crippen LogP contribution in [0, 0.1) is 6.92 Å². The smallest absolute Gasteiger partial charge is 0.0678 e. The minimum atomic E-state index is 0.995. The highest BCUT2D eigenvalue weighted by Gasteiger charge is 2.16. The summed E-state index contributed by atoms with van der Waals surface area (Å²) < 4.78 is 0. The van der Waals surface area contributed by atoms with E-state index >= 15 is 0 Å². The molecule has 0 fully saturated rings. The predicted molar refractivity (Wildman–Crippen MR) is 50.2 cm³/mol. The first-order valence-corrected chi connectivity index (χ1v) is 4.18. The fourth-order valence-corrected chi connectivity index (χ4v) is 1.73. The average molecular weight is 160 g/mol. The molecule has 0 saturated carbocycles. The molecule has 0 aliphatic heterocycles. The van der Waals surface area contributed by atoms with Gasteiger partial charge >= 0.3 is 0 Å². The third-order valence-electron chi connectivity index (χ3n) is 2.36. The first-order chi connectivity index (χ1) is 5.81. The summed E-state index contributed by atoms with van der Waals surface area (Å²) in [5.74, 6) is 5.27. The highest BCUT2D eigenvalue weighted by atomic mass is 15.1. The normalized spacial score (nSPS) is 18.2. The van der Waals surface area contributed by atoms with Crippen molar-refractivity contribution < 1.29 is 0 Å². The fraction of sp³-hybridized carbons (Fsp3) is 0.300. The number of rotatable bonds is 0. The average Bonchev–Trinajstić information content (AvgIpc) is 2.46. The van der Waals surface area contributed by atoms with Crippen LogP contribution in [0.4, 0.5) is 0 Å². The third kappa shape index (κ3) is 0.998. The van der Waals surface area contributed by atoms with Gasteiger partial charge in [0.2, 0.25) is 0 Å². The van der Waals surface area contributed by atoms with Crippen molar-refractivity contribution in [2.45, 2.75) is 19.8 Å². The van der Waals surface area contributed by atoms with Crippen molar-refractivity contribution >= 4 is 5.71 Å². The molecule has 2 heteroatoms. The molecule has 0 amide bonds. The van der Waals surface area contributed by atoms with E-state index in [1.807, 2.05) is 0 Å². The van der Waals surface area contributed by atoms with Gasteiger partial charge in [0.1, 0.15) is 0 Å². The van der Waals surface area contributed by atoms with E-state index in [-0.39, 0.29) is 0 Å². The molecule has 2 nitrogen and oxygen atoms in total. The van der Waals surface area contributed by atoms with Crippen LogP contribution in [-0.2, 0) is 6.42 Å². The Bertz CT molecular complexity index is 340. The second kappa shape index (κ2) is 2.63. The lowest BCUT2D eigenvalue weighted by molar-refractivity contribution is 1.08. The van der Waals surface area contributed by atoms with Crippen molar-refractivity contribution in [2.24, 2.45) is 10.9 Å². The molecule has 12 heavy (non-hydrogen) atoms. The van der Waals surface area contributed by atoms with Gasteiger partial charge < -0.3 is 5.84 Å². The van der Waals surface area contributed by atoms with Crippen LogP contribution < -0.4 is 5.84 Å². The molecule has 0 unspecified atom stereocenters. The maximum absolute atomic E-state index is 5.27. The van der Waals surface area contributed by atoms with E-state index in [4.69, 9.17) is 5.84 Å². The standard InChI is InChI=1S/C10H12N2/c1-7-2-4-9-8(6-7)3-5-10(9)12-11/h2,4,6H,3,5,11H2,1H3/b12-10+. The molecule has 0 atom stereocenters. The molecule has 0 saturated heterocycles. The molecular formula is C10H12N2. The first-order valence-electron chi connectivity index (χ1n) is 4.18. The van der Waals surface area contributed by atoms with Crippen LogP contribution >= 0.6 is 0 Å². The van der Waals surface area contributed by atoms with E-state index in [0.29, 0.717) is 0 Å². The second-order valence-corrected chi connectivity index (χ2v) is 3.24. The van der Waals surface area contributed by atoms with Gasteiger partial charge in [-0.05, 0) is 25.3 Å². The molecule has 0 aromatic heterocycles. The Morgan fingerprint density at radius 3 is 2.92 bits per heavy atom. The number of hydrogen-bond donors (Lipinski definition) is 1. The zero-order valence-electron chi connectivity index (χ0n) is 7.17. The van der Waals surface area contributed by atoms with Gasteiger partial charge in [-0.1, -0.05) is 23.8 Å². The van der Waals surface area contributed by atoms with E-state index in [0.717, 1.165) is 18.6 Å². The van der Waals surface area contributed by atoms with Gasteiger partial charge in [-0.15, -0.1) is 0 Å². The van der Waals surface area contributed by atoms with Gasteiger partial charge in [-0.3, -0.25) is 0 Å². The van der Waals surface area contributed by atoms with Crippen LogP contribution in [0.15, 0.2) is 23.3 Å². The third-order valence-corrected chi connectivity index (χ3v) is 2.36.